The normalized spacial score (nSPS) is 20.2. The Hall–Kier alpha value is -0.610. The van der Waals surface area contributed by atoms with Crippen LogP contribution in [0.25, 0.3) is 0 Å². The predicted octanol–water partition coefficient (Wildman–Crippen LogP) is 1.31. The first-order valence-electron chi connectivity index (χ1n) is 6.52. The molecule has 1 amide bonds. The van der Waals surface area contributed by atoms with Gasteiger partial charge in [-0.15, -0.1) is 0 Å². The van der Waals surface area contributed by atoms with Crippen LogP contribution in [0.15, 0.2) is 0 Å². The maximum absolute atomic E-state index is 11.5. The largest absolute Gasteiger partial charge is 0.383 e. The van der Waals surface area contributed by atoms with Gasteiger partial charge in [-0.3, -0.25) is 4.79 Å². The zero-order chi connectivity index (χ0) is 12.7. The van der Waals surface area contributed by atoms with Gasteiger partial charge in [-0.05, 0) is 31.1 Å². The van der Waals surface area contributed by atoms with Crippen LogP contribution in [0.4, 0.5) is 0 Å². The number of carbonyl (C=O) groups is 1. The lowest BCUT2D eigenvalue weighted by atomic mass is 9.75. The van der Waals surface area contributed by atoms with E-state index in [-0.39, 0.29) is 5.91 Å². The van der Waals surface area contributed by atoms with Crippen LogP contribution in [0.3, 0.4) is 0 Å². The van der Waals surface area contributed by atoms with Crippen molar-refractivity contribution in [1.82, 2.24) is 10.6 Å². The number of rotatable bonds is 6. The zero-order valence-electron chi connectivity index (χ0n) is 11.3. The minimum atomic E-state index is 0.0619. The average Bonchev–Trinajstić information content (AvgIpc) is 2.28. The van der Waals surface area contributed by atoms with Crippen LogP contribution in [-0.2, 0) is 9.53 Å². The van der Waals surface area contributed by atoms with Crippen LogP contribution in [0, 0.1) is 5.41 Å². The third-order valence-corrected chi connectivity index (χ3v) is 3.52. The molecule has 4 nitrogen and oxygen atoms in total. The number of ether oxygens (including phenoxy) is 1. The van der Waals surface area contributed by atoms with Crippen molar-refractivity contribution in [2.75, 3.05) is 26.8 Å². The molecule has 0 saturated heterocycles. The summed E-state index contributed by atoms with van der Waals surface area (Å²) in [5, 5.41) is 6.15. The minimum Gasteiger partial charge on any atom is -0.383 e. The van der Waals surface area contributed by atoms with E-state index in [1.807, 2.05) is 0 Å². The second-order valence-electron chi connectivity index (χ2n) is 5.66. The van der Waals surface area contributed by atoms with E-state index in [2.05, 4.69) is 24.5 Å². The highest BCUT2D eigenvalue weighted by Gasteiger charge is 2.26. The fraction of sp³-hybridized carbons (Fsp3) is 0.923. The van der Waals surface area contributed by atoms with Gasteiger partial charge in [0.1, 0.15) is 0 Å². The van der Waals surface area contributed by atoms with E-state index in [0.717, 1.165) is 0 Å². The molecule has 0 radical (unpaired) electrons. The maximum Gasteiger partial charge on any atom is 0.234 e. The van der Waals surface area contributed by atoms with Crippen LogP contribution >= 0.6 is 0 Å². The van der Waals surface area contributed by atoms with Crippen LogP contribution < -0.4 is 10.6 Å². The molecular formula is C13H26N2O2. The zero-order valence-corrected chi connectivity index (χ0v) is 11.3. The van der Waals surface area contributed by atoms with E-state index in [1.54, 1.807) is 7.11 Å². The first-order chi connectivity index (χ1) is 8.03. The highest BCUT2D eigenvalue weighted by Crippen LogP contribution is 2.34. The summed E-state index contributed by atoms with van der Waals surface area (Å²) >= 11 is 0. The van der Waals surface area contributed by atoms with Gasteiger partial charge in [-0.1, -0.05) is 13.8 Å². The summed E-state index contributed by atoms with van der Waals surface area (Å²) in [5.41, 5.74) is 0.485. The van der Waals surface area contributed by atoms with E-state index in [9.17, 15) is 4.79 Å². The van der Waals surface area contributed by atoms with Crippen molar-refractivity contribution in [2.45, 2.75) is 45.6 Å². The predicted molar refractivity (Wildman–Crippen MR) is 68.9 cm³/mol. The monoisotopic (exact) mass is 242 g/mol. The Morgan fingerprint density at radius 3 is 2.59 bits per heavy atom. The minimum absolute atomic E-state index is 0.0619. The number of carbonyl (C=O) groups excluding carboxylic acids is 1. The fourth-order valence-corrected chi connectivity index (χ4v) is 2.20. The summed E-state index contributed by atoms with van der Waals surface area (Å²) in [5.74, 6) is 0.0619. The van der Waals surface area contributed by atoms with Gasteiger partial charge in [0.15, 0.2) is 0 Å². The maximum atomic E-state index is 11.5. The van der Waals surface area contributed by atoms with Crippen molar-refractivity contribution in [3.05, 3.63) is 0 Å². The topological polar surface area (TPSA) is 50.4 Å². The molecular weight excluding hydrogens is 216 g/mol. The summed E-state index contributed by atoms with van der Waals surface area (Å²) in [6, 6.07) is 0.510. The van der Waals surface area contributed by atoms with Gasteiger partial charge in [-0.25, -0.2) is 0 Å². The Balaban J connectivity index is 2.09. The molecule has 1 fully saturated rings. The lowest BCUT2D eigenvalue weighted by Crippen LogP contribution is -2.42. The van der Waals surface area contributed by atoms with E-state index in [0.29, 0.717) is 31.2 Å². The van der Waals surface area contributed by atoms with Crippen molar-refractivity contribution in [2.24, 2.45) is 5.41 Å². The molecule has 0 spiro atoms. The Bertz CT molecular complexity index is 232. The van der Waals surface area contributed by atoms with Gasteiger partial charge < -0.3 is 15.4 Å². The van der Waals surface area contributed by atoms with E-state index < -0.39 is 0 Å². The summed E-state index contributed by atoms with van der Waals surface area (Å²) in [6.45, 7) is 6.23. The number of methoxy groups -OCH3 is 1. The molecule has 0 unspecified atom stereocenters. The summed E-state index contributed by atoms with van der Waals surface area (Å²) < 4.78 is 4.87. The van der Waals surface area contributed by atoms with E-state index >= 15 is 0 Å². The standard InChI is InChI=1S/C13H26N2O2/c1-13(2)6-4-11(5-7-13)15-10-12(16)14-8-9-17-3/h11,15H,4-10H2,1-3H3,(H,14,16). The molecule has 1 rings (SSSR count). The highest BCUT2D eigenvalue weighted by atomic mass is 16.5. The SMILES string of the molecule is COCCNC(=O)CNC1CCC(C)(C)CC1. The highest BCUT2D eigenvalue weighted by molar-refractivity contribution is 5.77. The second kappa shape index (κ2) is 6.97. The van der Waals surface area contributed by atoms with Gasteiger partial charge >= 0.3 is 0 Å². The molecule has 0 heterocycles. The van der Waals surface area contributed by atoms with Crippen molar-refractivity contribution >= 4 is 5.91 Å². The first-order valence-corrected chi connectivity index (χ1v) is 6.52. The molecule has 1 aliphatic carbocycles. The summed E-state index contributed by atoms with van der Waals surface area (Å²) in [4.78, 5) is 11.5. The Labute approximate surface area is 104 Å². The van der Waals surface area contributed by atoms with Crippen molar-refractivity contribution < 1.29 is 9.53 Å². The third kappa shape index (κ3) is 6.03. The quantitative estimate of drug-likeness (QED) is 0.690. The lowest BCUT2D eigenvalue weighted by molar-refractivity contribution is -0.120. The molecule has 0 aromatic heterocycles. The molecule has 0 atom stereocenters. The molecule has 100 valence electrons. The lowest BCUT2D eigenvalue weighted by Gasteiger charge is -2.34. The average molecular weight is 242 g/mol. The molecule has 2 N–H and O–H groups in total. The molecule has 0 aromatic rings. The van der Waals surface area contributed by atoms with Gasteiger partial charge in [0.2, 0.25) is 5.91 Å². The third-order valence-electron chi connectivity index (χ3n) is 3.52. The van der Waals surface area contributed by atoms with E-state index in [4.69, 9.17) is 4.74 Å². The number of amides is 1. The van der Waals surface area contributed by atoms with Crippen molar-refractivity contribution in [1.29, 1.82) is 0 Å². The first kappa shape index (κ1) is 14.5. The van der Waals surface area contributed by atoms with Gasteiger partial charge in [0.25, 0.3) is 0 Å². The van der Waals surface area contributed by atoms with Gasteiger partial charge in [0.05, 0.1) is 13.2 Å². The molecule has 17 heavy (non-hydrogen) atoms. The van der Waals surface area contributed by atoms with Gasteiger partial charge in [0, 0.05) is 19.7 Å². The van der Waals surface area contributed by atoms with Crippen molar-refractivity contribution in [3.8, 4) is 0 Å². The van der Waals surface area contributed by atoms with Crippen LogP contribution in [0.1, 0.15) is 39.5 Å². The van der Waals surface area contributed by atoms with Crippen LogP contribution in [0.2, 0.25) is 0 Å². The Kier molecular flexibility index (Phi) is 5.92. The summed E-state index contributed by atoms with van der Waals surface area (Å²) in [7, 11) is 1.63. The Morgan fingerprint density at radius 2 is 2.00 bits per heavy atom. The summed E-state index contributed by atoms with van der Waals surface area (Å²) in [6.07, 6.45) is 4.85. The van der Waals surface area contributed by atoms with Crippen LogP contribution in [0.5, 0.6) is 0 Å². The van der Waals surface area contributed by atoms with Crippen LogP contribution in [-0.4, -0.2) is 38.8 Å². The fourth-order valence-electron chi connectivity index (χ4n) is 2.20. The number of hydrogen-bond acceptors (Lipinski definition) is 3. The molecule has 1 saturated carbocycles. The van der Waals surface area contributed by atoms with Gasteiger partial charge in [-0.2, -0.15) is 0 Å². The number of hydrogen-bond donors (Lipinski definition) is 2. The molecule has 0 aromatic carbocycles. The Morgan fingerprint density at radius 1 is 1.35 bits per heavy atom. The number of nitrogens with one attached hydrogen (secondary N) is 2. The molecule has 0 aliphatic heterocycles. The smallest absolute Gasteiger partial charge is 0.234 e. The van der Waals surface area contributed by atoms with E-state index in [1.165, 1.54) is 25.7 Å². The second-order valence-corrected chi connectivity index (χ2v) is 5.66. The molecule has 0 bridgehead atoms. The van der Waals surface area contributed by atoms with Crippen molar-refractivity contribution in [3.63, 3.8) is 0 Å². The molecule has 1 aliphatic rings. The molecule has 4 heteroatoms.